The van der Waals surface area contributed by atoms with Crippen LogP contribution in [0.2, 0.25) is 0 Å². The molecule has 118 valence electrons. The molecule has 6 heteroatoms. The largest absolute Gasteiger partial charge is 0.465 e. The smallest absolute Gasteiger partial charge is 0.316 e. The normalized spacial score (nSPS) is 10.8. The Morgan fingerprint density at radius 2 is 2.09 bits per heavy atom. The number of fused-ring (bicyclic) bond motifs is 1. The van der Waals surface area contributed by atoms with E-state index in [1.165, 1.54) is 11.8 Å². The summed E-state index contributed by atoms with van der Waals surface area (Å²) in [6.07, 6.45) is 2.38. The molecule has 4 nitrogen and oxygen atoms in total. The minimum Gasteiger partial charge on any atom is -0.465 e. The molecule has 2 heterocycles. The number of hydrogen-bond acceptors (Lipinski definition) is 6. The molecule has 0 aliphatic heterocycles. The first-order chi connectivity index (χ1) is 11.3. The number of carbonyl (C=O) groups excluding carboxylic acids is 1. The third-order valence-electron chi connectivity index (χ3n) is 3.21. The summed E-state index contributed by atoms with van der Waals surface area (Å²) in [5.41, 5.74) is 2.24. The summed E-state index contributed by atoms with van der Waals surface area (Å²) in [4.78, 5) is 21.4. The number of rotatable bonds is 6. The van der Waals surface area contributed by atoms with Gasteiger partial charge in [0.15, 0.2) is 0 Å². The fourth-order valence-electron chi connectivity index (χ4n) is 2.17. The first-order valence-electron chi connectivity index (χ1n) is 7.35. The number of hydrogen-bond donors (Lipinski definition) is 0. The molecule has 0 radical (unpaired) electrons. The number of ether oxygens (including phenoxy) is 1. The molecule has 0 saturated carbocycles. The van der Waals surface area contributed by atoms with Gasteiger partial charge < -0.3 is 4.74 Å². The maximum Gasteiger partial charge on any atom is 0.316 e. The summed E-state index contributed by atoms with van der Waals surface area (Å²) < 4.78 is 5.12. The van der Waals surface area contributed by atoms with Crippen LogP contribution in [-0.4, -0.2) is 28.3 Å². The van der Waals surface area contributed by atoms with Crippen molar-refractivity contribution >= 4 is 39.3 Å². The van der Waals surface area contributed by atoms with E-state index in [2.05, 4.69) is 27.5 Å². The highest BCUT2D eigenvalue weighted by Crippen LogP contribution is 2.37. The average Bonchev–Trinajstić information content (AvgIpc) is 3.03. The van der Waals surface area contributed by atoms with Gasteiger partial charge in [-0.25, -0.2) is 9.97 Å². The van der Waals surface area contributed by atoms with Gasteiger partial charge in [-0.2, -0.15) is 0 Å². The Bertz CT molecular complexity index is 803. The van der Waals surface area contributed by atoms with E-state index in [0.29, 0.717) is 6.61 Å². The van der Waals surface area contributed by atoms with Crippen LogP contribution in [0, 0.1) is 0 Å². The van der Waals surface area contributed by atoms with E-state index in [9.17, 15) is 4.79 Å². The molecular formula is C17H16N2O2S2. The second-order valence-corrected chi connectivity index (χ2v) is 6.71. The van der Waals surface area contributed by atoms with Gasteiger partial charge in [0.1, 0.15) is 16.2 Å². The standard InChI is InChI=1S/C17H16N2O2S2/c1-2-8-21-14(20)10-23-17-15-13(12-6-4-3-5-7-12)9-22-16(15)18-11-19-17/h3-7,9,11H,2,8,10H2,1H3. The van der Waals surface area contributed by atoms with Crippen LogP contribution < -0.4 is 0 Å². The highest BCUT2D eigenvalue weighted by molar-refractivity contribution is 8.00. The zero-order chi connectivity index (χ0) is 16.1. The number of nitrogens with zero attached hydrogens (tertiary/aromatic N) is 2. The molecule has 3 aromatic rings. The summed E-state index contributed by atoms with van der Waals surface area (Å²) in [5, 5.41) is 3.93. The Labute approximate surface area is 142 Å². The Morgan fingerprint density at radius 1 is 1.26 bits per heavy atom. The molecule has 23 heavy (non-hydrogen) atoms. The number of esters is 1. The molecular weight excluding hydrogens is 328 g/mol. The molecule has 2 aromatic heterocycles. The molecule has 0 N–H and O–H groups in total. The molecule has 1 aromatic carbocycles. The molecule has 0 aliphatic carbocycles. The van der Waals surface area contributed by atoms with Gasteiger partial charge in [-0.3, -0.25) is 4.79 Å². The molecule has 0 spiro atoms. The lowest BCUT2D eigenvalue weighted by Gasteiger charge is -2.05. The highest BCUT2D eigenvalue weighted by Gasteiger charge is 2.14. The molecule has 0 atom stereocenters. The van der Waals surface area contributed by atoms with E-state index in [-0.39, 0.29) is 11.7 Å². The van der Waals surface area contributed by atoms with E-state index in [4.69, 9.17) is 4.74 Å². The fraction of sp³-hybridized carbons (Fsp3) is 0.235. The minimum atomic E-state index is -0.208. The summed E-state index contributed by atoms with van der Waals surface area (Å²) in [7, 11) is 0. The van der Waals surface area contributed by atoms with Crippen LogP contribution in [0.4, 0.5) is 0 Å². The van der Waals surface area contributed by atoms with Gasteiger partial charge in [0.25, 0.3) is 0 Å². The lowest BCUT2D eigenvalue weighted by molar-refractivity contribution is -0.140. The van der Waals surface area contributed by atoms with Crippen molar-refractivity contribution in [2.45, 2.75) is 18.4 Å². The lowest BCUT2D eigenvalue weighted by atomic mass is 10.1. The quantitative estimate of drug-likeness (QED) is 0.377. The van der Waals surface area contributed by atoms with Crippen LogP contribution in [0.25, 0.3) is 21.3 Å². The van der Waals surface area contributed by atoms with Gasteiger partial charge in [0.2, 0.25) is 0 Å². The van der Waals surface area contributed by atoms with E-state index in [1.807, 2.05) is 25.1 Å². The van der Waals surface area contributed by atoms with Gasteiger partial charge >= 0.3 is 5.97 Å². The minimum absolute atomic E-state index is 0.208. The molecule has 0 fully saturated rings. The van der Waals surface area contributed by atoms with Crippen molar-refractivity contribution in [3.63, 3.8) is 0 Å². The predicted octanol–water partition coefficient (Wildman–Crippen LogP) is 4.40. The second kappa shape index (κ2) is 7.57. The molecule has 0 bridgehead atoms. The van der Waals surface area contributed by atoms with E-state index < -0.39 is 0 Å². The molecule has 0 saturated heterocycles. The Hall–Kier alpha value is -1.92. The van der Waals surface area contributed by atoms with Gasteiger partial charge in [-0.15, -0.1) is 11.3 Å². The third kappa shape index (κ3) is 3.71. The van der Waals surface area contributed by atoms with Crippen LogP contribution in [0.1, 0.15) is 13.3 Å². The fourth-order valence-corrected chi connectivity index (χ4v) is 3.96. The summed E-state index contributed by atoms with van der Waals surface area (Å²) in [6, 6.07) is 10.2. The van der Waals surface area contributed by atoms with Crippen LogP contribution in [0.3, 0.4) is 0 Å². The summed E-state index contributed by atoms with van der Waals surface area (Å²) in [6.45, 7) is 2.44. The van der Waals surface area contributed by atoms with Crippen molar-refractivity contribution < 1.29 is 9.53 Å². The summed E-state index contributed by atoms with van der Waals surface area (Å²) >= 11 is 2.99. The van der Waals surface area contributed by atoms with Gasteiger partial charge in [0.05, 0.1) is 17.7 Å². The number of aromatic nitrogens is 2. The van der Waals surface area contributed by atoms with E-state index >= 15 is 0 Å². The maximum atomic E-state index is 11.7. The number of thiophene rings is 1. The average molecular weight is 344 g/mol. The number of thioether (sulfide) groups is 1. The molecule has 3 rings (SSSR count). The SMILES string of the molecule is CCCOC(=O)CSc1ncnc2scc(-c3ccccc3)c12. The molecule has 0 unspecified atom stereocenters. The van der Waals surface area contributed by atoms with Crippen LogP contribution in [-0.2, 0) is 9.53 Å². The van der Waals surface area contributed by atoms with Crippen molar-refractivity contribution in [3.05, 3.63) is 42.0 Å². The lowest BCUT2D eigenvalue weighted by Crippen LogP contribution is -2.08. The first-order valence-corrected chi connectivity index (χ1v) is 9.22. The van der Waals surface area contributed by atoms with Crippen molar-refractivity contribution in [1.29, 1.82) is 0 Å². The Balaban J connectivity index is 1.89. The topological polar surface area (TPSA) is 52.1 Å². The van der Waals surface area contributed by atoms with Crippen LogP contribution >= 0.6 is 23.1 Å². The molecule has 0 amide bonds. The monoisotopic (exact) mass is 344 g/mol. The van der Waals surface area contributed by atoms with Crippen molar-refractivity contribution in [1.82, 2.24) is 9.97 Å². The molecule has 0 aliphatic rings. The zero-order valence-electron chi connectivity index (χ0n) is 12.7. The van der Waals surface area contributed by atoms with E-state index in [1.54, 1.807) is 17.7 Å². The van der Waals surface area contributed by atoms with Gasteiger partial charge in [0, 0.05) is 10.9 Å². The highest BCUT2D eigenvalue weighted by atomic mass is 32.2. The van der Waals surface area contributed by atoms with Crippen molar-refractivity contribution in [2.75, 3.05) is 12.4 Å². The summed E-state index contributed by atoms with van der Waals surface area (Å²) in [5.74, 6) is 0.0519. The number of benzene rings is 1. The first kappa shape index (κ1) is 16.0. The maximum absolute atomic E-state index is 11.7. The number of carbonyl (C=O) groups is 1. The van der Waals surface area contributed by atoms with Crippen molar-refractivity contribution in [2.24, 2.45) is 0 Å². The Kier molecular flexibility index (Phi) is 5.25. The second-order valence-electron chi connectivity index (χ2n) is 4.88. The van der Waals surface area contributed by atoms with Gasteiger partial charge in [-0.1, -0.05) is 49.0 Å². The van der Waals surface area contributed by atoms with Crippen molar-refractivity contribution in [3.8, 4) is 11.1 Å². The van der Waals surface area contributed by atoms with Crippen LogP contribution in [0.5, 0.6) is 0 Å². The predicted molar refractivity (Wildman–Crippen MR) is 94.8 cm³/mol. The zero-order valence-corrected chi connectivity index (χ0v) is 14.3. The van der Waals surface area contributed by atoms with E-state index in [0.717, 1.165) is 32.8 Å². The van der Waals surface area contributed by atoms with Gasteiger partial charge in [-0.05, 0) is 12.0 Å². The Morgan fingerprint density at radius 3 is 2.87 bits per heavy atom. The third-order valence-corrected chi connectivity index (χ3v) is 5.06. The van der Waals surface area contributed by atoms with Crippen LogP contribution in [0.15, 0.2) is 47.1 Å².